The monoisotopic (exact) mass is 260 g/mol. The van der Waals surface area contributed by atoms with Gasteiger partial charge in [-0.15, -0.1) is 0 Å². The minimum atomic E-state index is -0.174. The van der Waals surface area contributed by atoms with Gasteiger partial charge in [-0.1, -0.05) is 0 Å². The van der Waals surface area contributed by atoms with Gasteiger partial charge in [0, 0.05) is 24.9 Å². The largest absolute Gasteiger partial charge is 0.399 e. The Hall–Kier alpha value is -2.08. The quantitative estimate of drug-likeness (QED) is 0.703. The molecule has 0 amide bonds. The second-order valence-electron chi connectivity index (χ2n) is 4.72. The number of aromatic amines is 1. The predicted octanol–water partition coefficient (Wildman–Crippen LogP) is 1.10. The third kappa shape index (κ3) is 2.53. The number of ether oxygens (including phenoxy) is 1. The number of benzene rings is 1. The van der Waals surface area contributed by atoms with Crippen LogP contribution in [0.5, 0.6) is 0 Å². The van der Waals surface area contributed by atoms with E-state index >= 15 is 0 Å². The van der Waals surface area contributed by atoms with Crippen LogP contribution in [0.3, 0.4) is 0 Å². The van der Waals surface area contributed by atoms with Gasteiger partial charge in [0.05, 0.1) is 10.9 Å². The van der Waals surface area contributed by atoms with Crippen LogP contribution in [0.25, 0.3) is 10.9 Å². The molecular formula is C13H16N4O2. The van der Waals surface area contributed by atoms with Crippen LogP contribution in [0.15, 0.2) is 23.0 Å². The van der Waals surface area contributed by atoms with Crippen LogP contribution in [0.2, 0.25) is 0 Å². The molecule has 3 rings (SSSR count). The summed E-state index contributed by atoms with van der Waals surface area (Å²) in [6.07, 6.45) is 1.84. The molecule has 0 radical (unpaired) electrons. The Morgan fingerprint density at radius 1 is 1.37 bits per heavy atom. The second kappa shape index (κ2) is 4.89. The van der Waals surface area contributed by atoms with Crippen molar-refractivity contribution in [1.29, 1.82) is 0 Å². The van der Waals surface area contributed by atoms with Crippen molar-refractivity contribution < 1.29 is 4.74 Å². The molecule has 0 atom stereocenters. The van der Waals surface area contributed by atoms with Crippen LogP contribution >= 0.6 is 0 Å². The molecule has 100 valence electrons. The van der Waals surface area contributed by atoms with Crippen LogP contribution < -0.4 is 16.6 Å². The number of fused-ring (bicyclic) bond motifs is 1. The predicted molar refractivity (Wildman–Crippen MR) is 74.2 cm³/mol. The molecule has 1 aliphatic heterocycles. The molecule has 1 saturated heterocycles. The highest BCUT2D eigenvalue weighted by Crippen LogP contribution is 2.15. The molecular weight excluding hydrogens is 244 g/mol. The first-order valence-electron chi connectivity index (χ1n) is 6.36. The summed E-state index contributed by atoms with van der Waals surface area (Å²) in [5.41, 5.74) is 6.70. The highest BCUT2D eigenvalue weighted by Gasteiger charge is 2.14. The van der Waals surface area contributed by atoms with Crippen molar-refractivity contribution in [3.05, 3.63) is 28.6 Å². The molecule has 6 heteroatoms. The lowest BCUT2D eigenvalue weighted by Gasteiger charge is -2.23. The van der Waals surface area contributed by atoms with Crippen LogP contribution in [0.1, 0.15) is 12.8 Å². The van der Waals surface area contributed by atoms with Crippen LogP contribution in [0.4, 0.5) is 11.6 Å². The lowest BCUT2D eigenvalue weighted by Crippen LogP contribution is -2.29. The van der Waals surface area contributed by atoms with E-state index in [1.165, 1.54) is 0 Å². The molecule has 4 N–H and O–H groups in total. The first-order chi connectivity index (χ1) is 9.22. The zero-order valence-electron chi connectivity index (χ0n) is 10.5. The van der Waals surface area contributed by atoms with Crippen molar-refractivity contribution in [3.63, 3.8) is 0 Å². The van der Waals surface area contributed by atoms with Gasteiger partial charge in [-0.3, -0.25) is 9.78 Å². The summed E-state index contributed by atoms with van der Waals surface area (Å²) in [4.78, 5) is 19.1. The molecule has 0 unspecified atom stereocenters. The first kappa shape index (κ1) is 12.0. The summed E-state index contributed by atoms with van der Waals surface area (Å²) in [5, 5.41) is 3.76. The molecule has 6 nitrogen and oxygen atoms in total. The Morgan fingerprint density at radius 2 is 2.16 bits per heavy atom. The van der Waals surface area contributed by atoms with Gasteiger partial charge in [0.2, 0.25) is 5.95 Å². The minimum absolute atomic E-state index is 0.174. The molecule has 19 heavy (non-hydrogen) atoms. The molecule has 0 spiro atoms. The van der Waals surface area contributed by atoms with Crippen LogP contribution in [-0.4, -0.2) is 29.2 Å². The number of nitrogen functional groups attached to an aromatic ring is 1. The van der Waals surface area contributed by atoms with E-state index in [-0.39, 0.29) is 5.56 Å². The zero-order valence-corrected chi connectivity index (χ0v) is 10.5. The van der Waals surface area contributed by atoms with Crippen LogP contribution in [-0.2, 0) is 4.74 Å². The third-order valence-corrected chi connectivity index (χ3v) is 3.29. The number of nitrogens with one attached hydrogen (secondary N) is 2. The Bertz CT molecular complexity index is 647. The Balaban J connectivity index is 1.92. The highest BCUT2D eigenvalue weighted by molar-refractivity contribution is 5.81. The zero-order chi connectivity index (χ0) is 13.2. The van der Waals surface area contributed by atoms with Crippen molar-refractivity contribution in [1.82, 2.24) is 9.97 Å². The minimum Gasteiger partial charge on any atom is -0.399 e. The van der Waals surface area contributed by atoms with E-state index in [1.54, 1.807) is 18.2 Å². The van der Waals surface area contributed by atoms with Gasteiger partial charge in [-0.2, -0.15) is 0 Å². The van der Waals surface area contributed by atoms with Crippen LogP contribution in [0, 0.1) is 0 Å². The number of rotatable bonds is 2. The summed E-state index contributed by atoms with van der Waals surface area (Å²) in [6.45, 7) is 1.48. The Labute approximate surface area is 110 Å². The number of anilines is 2. The van der Waals surface area contributed by atoms with Gasteiger partial charge in [0.25, 0.3) is 5.56 Å². The number of nitrogens with zero attached hydrogens (tertiary/aromatic N) is 1. The number of nitrogens with two attached hydrogens (primary N) is 1. The lowest BCUT2D eigenvalue weighted by atomic mass is 10.1. The van der Waals surface area contributed by atoms with E-state index in [4.69, 9.17) is 10.5 Å². The SMILES string of the molecule is Nc1ccc2nc(NC3CCOCC3)[nH]c(=O)c2c1. The van der Waals surface area contributed by atoms with E-state index in [2.05, 4.69) is 15.3 Å². The topological polar surface area (TPSA) is 93.0 Å². The molecule has 0 aliphatic carbocycles. The fraction of sp³-hybridized carbons (Fsp3) is 0.385. The van der Waals surface area contributed by atoms with Gasteiger partial charge in [-0.05, 0) is 31.0 Å². The standard InChI is InChI=1S/C13H16N4O2/c14-8-1-2-11-10(7-8)12(18)17-13(16-11)15-9-3-5-19-6-4-9/h1-2,7,9H,3-6,14H2,(H2,15,16,17,18). The fourth-order valence-corrected chi connectivity index (χ4v) is 2.26. The molecule has 1 aromatic heterocycles. The molecule has 1 fully saturated rings. The van der Waals surface area contributed by atoms with E-state index in [9.17, 15) is 4.79 Å². The number of hydrogen-bond donors (Lipinski definition) is 3. The lowest BCUT2D eigenvalue weighted by molar-refractivity contribution is 0.0903. The summed E-state index contributed by atoms with van der Waals surface area (Å²) in [7, 11) is 0. The second-order valence-corrected chi connectivity index (χ2v) is 4.72. The molecule has 2 heterocycles. The van der Waals surface area contributed by atoms with E-state index in [1.807, 2.05) is 0 Å². The van der Waals surface area contributed by atoms with Crippen molar-refractivity contribution in [2.75, 3.05) is 24.3 Å². The molecule has 1 aliphatic rings. The van der Waals surface area contributed by atoms with Gasteiger partial charge in [0.1, 0.15) is 0 Å². The fourth-order valence-electron chi connectivity index (χ4n) is 2.26. The number of hydrogen-bond acceptors (Lipinski definition) is 5. The maximum Gasteiger partial charge on any atom is 0.260 e. The smallest absolute Gasteiger partial charge is 0.260 e. The maximum atomic E-state index is 12.0. The summed E-state index contributed by atoms with van der Waals surface area (Å²) >= 11 is 0. The number of aromatic nitrogens is 2. The van der Waals surface area contributed by atoms with E-state index in [0.717, 1.165) is 26.1 Å². The van der Waals surface area contributed by atoms with Crippen molar-refractivity contribution in [2.45, 2.75) is 18.9 Å². The maximum absolute atomic E-state index is 12.0. The van der Waals surface area contributed by atoms with Crippen molar-refractivity contribution in [2.24, 2.45) is 0 Å². The van der Waals surface area contributed by atoms with Crippen molar-refractivity contribution >= 4 is 22.5 Å². The molecule has 1 aromatic carbocycles. The number of H-pyrrole nitrogens is 1. The van der Waals surface area contributed by atoms with Gasteiger partial charge in [0.15, 0.2) is 0 Å². The van der Waals surface area contributed by atoms with Gasteiger partial charge >= 0.3 is 0 Å². The molecule has 0 bridgehead atoms. The molecule has 0 saturated carbocycles. The average molecular weight is 260 g/mol. The Morgan fingerprint density at radius 3 is 2.95 bits per heavy atom. The summed E-state index contributed by atoms with van der Waals surface area (Å²) in [6, 6.07) is 5.43. The third-order valence-electron chi connectivity index (χ3n) is 3.29. The van der Waals surface area contributed by atoms with Gasteiger partial charge in [-0.25, -0.2) is 4.98 Å². The normalized spacial score (nSPS) is 16.6. The summed E-state index contributed by atoms with van der Waals surface area (Å²) in [5.74, 6) is 0.508. The highest BCUT2D eigenvalue weighted by atomic mass is 16.5. The average Bonchev–Trinajstić information content (AvgIpc) is 2.41. The van der Waals surface area contributed by atoms with E-state index < -0.39 is 0 Å². The summed E-state index contributed by atoms with van der Waals surface area (Å²) < 4.78 is 5.30. The van der Waals surface area contributed by atoms with Crippen molar-refractivity contribution in [3.8, 4) is 0 Å². The molecule has 2 aromatic rings. The van der Waals surface area contributed by atoms with E-state index in [0.29, 0.717) is 28.6 Å². The first-order valence-corrected chi connectivity index (χ1v) is 6.36. The van der Waals surface area contributed by atoms with Gasteiger partial charge < -0.3 is 15.8 Å². The Kier molecular flexibility index (Phi) is 3.08.